The molecule has 1 heterocycles. The van der Waals surface area contributed by atoms with Gasteiger partial charge in [0.15, 0.2) is 5.01 Å². The number of anilines is 2. The Bertz CT molecular complexity index is 786. The molecule has 0 fully saturated rings. The van der Waals surface area contributed by atoms with E-state index in [4.69, 9.17) is 23.2 Å². The number of halogens is 2. The van der Waals surface area contributed by atoms with Gasteiger partial charge in [0.25, 0.3) is 0 Å². The first-order valence-electron chi connectivity index (χ1n) is 6.25. The molecule has 0 spiro atoms. The quantitative estimate of drug-likeness (QED) is 0.680. The van der Waals surface area contributed by atoms with E-state index in [0.29, 0.717) is 10.0 Å². The molecule has 0 saturated heterocycles. The van der Waals surface area contributed by atoms with Crippen LogP contribution in [0.1, 0.15) is 5.56 Å². The molecule has 0 radical (unpaired) electrons. The lowest BCUT2D eigenvalue weighted by Gasteiger charge is -2.05. The van der Waals surface area contributed by atoms with Gasteiger partial charge in [0.05, 0.1) is 5.02 Å². The molecular formula is C15H11Cl2N3S. The fraction of sp³-hybridized carbons (Fsp3) is 0.0667. The third-order valence-corrected chi connectivity index (χ3v) is 4.40. The Labute approximate surface area is 136 Å². The smallest absolute Gasteiger partial charge is 0.210 e. The average molecular weight is 336 g/mol. The minimum atomic E-state index is 0.669. The maximum atomic E-state index is 6.17. The van der Waals surface area contributed by atoms with E-state index < -0.39 is 0 Å². The van der Waals surface area contributed by atoms with Gasteiger partial charge in [0.2, 0.25) is 5.13 Å². The molecule has 0 bridgehead atoms. The average Bonchev–Trinajstić information content (AvgIpc) is 2.91. The highest BCUT2D eigenvalue weighted by Gasteiger charge is 2.10. The molecule has 2 aromatic carbocycles. The normalized spacial score (nSPS) is 10.6. The van der Waals surface area contributed by atoms with Crippen LogP contribution in [0.2, 0.25) is 10.0 Å². The molecule has 0 aliphatic carbocycles. The van der Waals surface area contributed by atoms with Crippen molar-refractivity contribution in [1.82, 2.24) is 10.2 Å². The summed E-state index contributed by atoms with van der Waals surface area (Å²) in [6, 6.07) is 13.3. The molecule has 106 valence electrons. The summed E-state index contributed by atoms with van der Waals surface area (Å²) in [7, 11) is 0. The topological polar surface area (TPSA) is 37.8 Å². The number of hydrogen-bond acceptors (Lipinski definition) is 4. The SMILES string of the molecule is Cc1cc(Cl)ccc1Nc1nnc(-c2ccccc2Cl)s1. The first-order valence-corrected chi connectivity index (χ1v) is 7.82. The van der Waals surface area contributed by atoms with E-state index in [-0.39, 0.29) is 0 Å². The Balaban J connectivity index is 1.87. The van der Waals surface area contributed by atoms with Gasteiger partial charge >= 0.3 is 0 Å². The van der Waals surface area contributed by atoms with Crippen LogP contribution in [0.3, 0.4) is 0 Å². The summed E-state index contributed by atoms with van der Waals surface area (Å²) in [5, 5.41) is 14.5. The van der Waals surface area contributed by atoms with Crippen molar-refractivity contribution in [3.63, 3.8) is 0 Å². The largest absolute Gasteiger partial charge is 0.330 e. The third kappa shape index (κ3) is 3.18. The van der Waals surface area contributed by atoms with E-state index in [1.165, 1.54) is 11.3 Å². The number of hydrogen-bond donors (Lipinski definition) is 1. The third-order valence-electron chi connectivity index (χ3n) is 2.96. The Morgan fingerprint density at radius 1 is 1.05 bits per heavy atom. The predicted octanol–water partition coefficient (Wildman–Crippen LogP) is 5.56. The zero-order valence-electron chi connectivity index (χ0n) is 11.1. The lowest BCUT2D eigenvalue weighted by molar-refractivity contribution is 1.10. The summed E-state index contributed by atoms with van der Waals surface area (Å²) >= 11 is 13.6. The maximum absolute atomic E-state index is 6.17. The van der Waals surface area contributed by atoms with E-state index in [9.17, 15) is 0 Å². The van der Waals surface area contributed by atoms with Crippen molar-refractivity contribution < 1.29 is 0 Å². The van der Waals surface area contributed by atoms with Crippen LogP contribution in [-0.4, -0.2) is 10.2 Å². The summed E-state index contributed by atoms with van der Waals surface area (Å²) < 4.78 is 0. The standard InChI is InChI=1S/C15H11Cl2N3S/c1-9-8-10(16)6-7-13(9)18-15-20-19-14(21-15)11-4-2-3-5-12(11)17/h2-8H,1H3,(H,18,20). The minimum Gasteiger partial charge on any atom is -0.330 e. The molecule has 0 aliphatic rings. The number of rotatable bonds is 3. The van der Waals surface area contributed by atoms with Gasteiger partial charge in [-0.15, -0.1) is 10.2 Å². The van der Waals surface area contributed by atoms with E-state index in [0.717, 1.165) is 27.0 Å². The van der Waals surface area contributed by atoms with Crippen LogP contribution in [0.4, 0.5) is 10.8 Å². The second-order valence-corrected chi connectivity index (χ2v) is 6.30. The van der Waals surface area contributed by atoms with Crippen molar-refractivity contribution in [2.45, 2.75) is 6.92 Å². The van der Waals surface area contributed by atoms with Crippen LogP contribution in [0.15, 0.2) is 42.5 Å². The zero-order valence-corrected chi connectivity index (χ0v) is 13.4. The van der Waals surface area contributed by atoms with Crippen LogP contribution in [0, 0.1) is 6.92 Å². The van der Waals surface area contributed by atoms with Gasteiger partial charge in [-0.05, 0) is 36.8 Å². The Kier molecular flexibility index (Phi) is 4.10. The first kappa shape index (κ1) is 14.3. The van der Waals surface area contributed by atoms with E-state index in [2.05, 4.69) is 15.5 Å². The molecule has 0 aliphatic heterocycles. The van der Waals surface area contributed by atoms with Crippen LogP contribution in [0.25, 0.3) is 10.6 Å². The molecule has 3 aromatic rings. The molecule has 21 heavy (non-hydrogen) atoms. The molecular weight excluding hydrogens is 325 g/mol. The number of benzene rings is 2. The van der Waals surface area contributed by atoms with Crippen molar-refractivity contribution in [2.75, 3.05) is 5.32 Å². The Morgan fingerprint density at radius 2 is 1.86 bits per heavy atom. The van der Waals surface area contributed by atoms with Crippen molar-refractivity contribution in [3.8, 4) is 10.6 Å². The van der Waals surface area contributed by atoms with E-state index >= 15 is 0 Å². The van der Waals surface area contributed by atoms with Crippen molar-refractivity contribution >= 4 is 45.4 Å². The van der Waals surface area contributed by atoms with Gasteiger partial charge in [-0.1, -0.05) is 52.7 Å². The highest BCUT2D eigenvalue weighted by molar-refractivity contribution is 7.18. The minimum absolute atomic E-state index is 0.669. The summed E-state index contributed by atoms with van der Waals surface area (Å²) in [5.74, 6) is 0. The fourth-order valence-corrected chi connectivity index (χ4v) is 3.20. The lowest BCUT2D eigenvalue weighted by Crippen LogP contribution is -1.92. The number of nitrogens with zero attached hydrogens (tertiary/aromatic N) is 2. The zero-order chi connectivity index (χ0) is 14.8. The lowest BCUT2D eigenvalue weighted by atomic mass is 10.2. The molecule has 3 nitrogen and oxygen atoms in total. The van der Waals surface area contributed by atoms with Gasteiger partial charge in [-0.2, -0.15) is 0 Å². The molecule has 1 N–H and O–H groups in total. The molecule has 0 saturated carbocycles. The number of aryl methyl sites for hydroxylation is 1. The van der Waals surface area contributed by atoms with Gasteiger partial charge in [-0.3, -0.25) is 0 Å². The highest BCUT2D eigenvalue weighted by atomic mass is 35.5. The molecule has 0 unspecified atom stereocenters. The summed E-state index contributed by atoms with van der Waals surface area (Å²) in [5.41, 5.74) is 2.90. The molecule has 3 rings (SSSR count). The van der Waals surface area contributed by atoms with Crippen LogP contribution >= 0.6 is 34.5 Å². The van der Waals surface area contributed by atoms with Crippen LogP contribution in [0.5, 0.6) is 0 Å². The van der Waals surface area contributed by atoms with Gasteiger partial charge < -0.3 is 5.32 Å². The highest BCUT2D eigenvalue weighted by Crippen LogP contribution is 2.33. The summed E-state index contributed by atoms with van der Waals surface area (Å²) in [6.07, 6.45) is 0. The Hall–Kier alpha value is -1.62. The van der Waals surface area contributed by atoms with Crippen molar-refractivity contribution in [3.05, 3.63) is 58.1 Å². The monoisotopic (exact) mass is 335 g/mol. The summed E-state index contributed by atoms with van der Waals surface area (Å²) in [6.45, 7) is 1.99. The van der Waals surface area contributed by atoms with Crippen molar-refractivity contribution in [1.29, 1.82) is 0 Å². The molecule has 6 heteroatoms. The maximum Gasteiger partial charge on any atom is 0.210 e. The fourth-order valence-electron chi connectivity index (χ4n) is 1.90. The van der Waals surface area contributed by atoms with Gasteiger partial charge in [-0.25, -0.2) is 0 Å². The first-order chi connectivity index (χ1) is 10.1. The van der Waals surface area contributed by atoms with Crippen LogP contribution in [-0.2, 0) is 0 Å². The molecule has 1 aromatic heterocycles. The van der Waals surface area contributed by atoms with E-state index in [1.807, 2.05) is 49.4 Å². The molecule has 0 amide bonds. The van der Waals surface area contributed by atoms with Gasteiger partial charge in [0, 0.05) is 16.3 Å². The molecule has 0 atom stereocenters. The van der Waals surface area contributed by atoms with Gasteiger partial charge in [0.1, 0.15) is 0 Å². The second-order valence-electron chi connectivity index (χ2n) is 4.48. The number of nitrogens with one attached hydrogen (secondary N) is 1. The van der Waals surface area contributed by atoms with Crippen molar-refractivity contribution in [2.24, 2.45) is 0 Å². The van der Waals surface area contributed by atoms with Crippen LogP contribution < -0.4 is 5.32 Å². The summed E-state index contributed by atoms with van der Waals surface area (Å²) in [4.78, 5) is 0. The predicted molar refractivity (Wildman–Crippen MR) is 89.8 cm³/mol. The van der Waals surface area contributed by atoms with E-state index in [1.54, 1.807) is 0 Å². The second kappa shape index (κ2) is 6.02. The Morgan fingerprint density at radius 3 is 2.62 bits per heavy atom. The number of aromatic nitrogens is 2.